The van der Waals surface area contributed by atoms with Crippen LogP contribution in [0.4, 0.5) is 5.69 Å². The van der Waals surface area contributed by atoms with E-state index in [-0.39, 0.29) is 0 Å². The Bertz CT molecular complexity index is 413. The molecule has 0 amide bonds. The number of benzene rings is 1. The third kappa shape index (κ3) is 4.39. The van der Waals surface area contributed by atoms with Gasteiger partial charge in [-0.2, -0.15) is 0 Å². The standard InChI is InChI=1S/C17H27ClN2/c1-3-10-19-12-15-8-9-16(11-17(15)18)20(2)13-14-6-4-5-7-14/h8-9,11,14,19H,3-7,10,12-13H2,1-2H3. The van der Waals surface area contributed by atoms with E-state index in [9.17, 15) is 0 Å². The van der Waals surface area contributed by atoms with E-state index in [1.807, 2.05) is 0 Å². The second-order valence-electron chi connectivity index (χ2n) is 5.98. The van der Waals surface area contributed by atoms with E-state index in [0.717, 1.165) is 37.0 Å². The molecule has 0 spiro atoms. The van der Waals surface area contributed by atoms with Crippen molar-refractivity contribution in [1.82, 2.24) is 5.32 Å². The summed E-state index contributed by atoms with van der Waals surface area (Å²) in [6.07, 6.45) is 6.73. The lowest BCUT2D eigenvalue weighted by atomic mass is 10.1. The Morgan fingerprint density at radius 3 is 2.70 bits per heavy atom. The van der Waals surface area contributed by atoms with Gasteiger partial charge in [0.15, 0.2) is 0 Å². The van der Waals surface area contributed by atoms with Gasteiger partial charge >= 0.3 is 0 Å². The topological polar surface area (TPSA) is 15.3 Å². The highest BCUT2D eigenvalue weighted by Gasteiger charge is 2.17. The van der Waals surface area contributed by atoms with E-state index in [2.05, 4.69) is 42.4 Å². The normalized spacial score (nSPS) is 15.8. The van der Waals surface area contributed by atoms with Crippen molar-refractivity contribution in [2.45, 2.75) is 45.6 Å². The van der Waals surface area contributed by atoms with Crippen molar-refractivity contribution in [2.75, 3.05) is 25.0 Å². The first-order valence-corrected chi connectivity index (χ1v) is 8.28. The number of hydrogen-bond donors (Lipinski definition) is 1. The molecule has 112 valence electrons. The third-order valence-electron chi connectivity index (χ3n) is 4.23. The molecule has 0 radical (unpaired) electrons. The Hall–Kier alpha value is -0.730. The molecule has 2 rings (SSSR count). The van der Waals surface area contributed by atoms with Gasteiger partial charge in [-0.05, 0) is 49.4 Å². The smallest absolute Gasteiger partial charge is 0.0471 e. The molecule has 1 N–H and O–H groups in total. The molecule has 0 aromatic heterocycles. The van der Waals surface area contributed by atoms with Crippen LogP contribution in [0.15, 0.2) is 18.2 Å². The van der Waals surface area contributed by atoms with E-state index < -0.39 is 0 Å². The minimum Gasteiger partial charge on any atom is -0.374 e. The van der Waals surface area contributed by atoms with Gasteiger partial charge in [0.25, 0.3) is 0 Å². The molecular weight excluding hydrogens is 268 g/mol. The molecule has 1 fully saturated rings. The number of nitrogens with zero attached hydrogens (tertiary/aromatic N) is 1. The summed E-state index contributed by atoms with van der Waals surface area (Å²) in [5.74, 6) is 0.865. The van der Waals surface area contributed by atoms with Crippen molar-refractivity contribution >= 4 is 17.3 Å². The van der Waals surface area contributed by atoms with E-state index in [4.69, 9.17) is 11.6 Å². The number of anilines is 1. The van der Waals surface area contributed by atoms with Gasteiger partial charge in [-0.25, -0.2) is 0 Å². The molecule has 0 saturated heterocycles. The highest BCUT2D eigenvalue weighted by molar-refractivity contribution is 6.31. The number of hydrogen-bond acceptors (Lipinski definition) is 2. The van der Waals surface area contributed by atoms with Gasteiger partial charge in [-0.15, -0.1) is 0 Å². The first-order valence-electron chi connectivity index (χ1n) is 7.91. The zero-order valence-electron chi connectivity index (χ0n) is 12.8. The van der Waals surface area contributed by atoms with Crippen LogP contribution in [0, 0.1) is 5.92 Å². The van der Waals surface area contributed by atoms with Crippen LogP contribution >= 0.6 is 11.6 Å². The summed E-state index contributed by atoms with van der Waals surface area (Å²) in [6, 6.07) is 6.47. The minimum atomic E-state index is 0.860. The molecule has 2 nitrogen and oxygen atoms in total. The molecule has 0 heterocycles. The van der Waals surface area contributed by atoms with Gasteiger partial charge in [-0.3, -0.25) is 0 Å². The lowest BCUT2D eigenvalue weighted by molar-refractivity contribution is 0.547. The maximum atomic E-state index is 6.40. The predicted octanol–water partition coefficient (Wildman–Crippen LogP) is 4.47. The quantitative estimate of drug-likeness (QED) is 0.747. The first-order chi connectivity index (χ1) is 9.70. The van der Waals surface area contributed by atoms with E-state index in [1.54, 1.807) is 0 Å². The fraction of sp³-hybridized carbons (Fsp3) is 0.647. The Kier molecular flexibility index (Phi) is 6.18. The Morgan fingerprint density at radius 1 is 1.30 bits per heavy atom. The fourth-order valence-corrected chi connectivity index (χ4v) is 3.24. The molecule has 20 heavy (non-hydrogen) atoms. The van der Waals surface area contributed by atoms with E-state index in [0.29, 0.717) is 0 Å². The molecule has 1 saturated carbocycles. The van der Waals surface area contributed by atoms with E-state index >= 15 is 0 Å². The lowest BCUT2D eigenvalue weighted by Crippen LogP contribution is -2.24. The third-order valence-corrected chi connectivity index (χ3v) is 4.58. The molecule has 0 aliphatic heterocycles. The monoisotopic (exact) mass is 294 g/mol. The summed E-state index contributed by atoms with van der Waals surface area (Å²) in [6.45, 7) is 5.23. The van der Waals surface area contributed by atoms with Gasteiger partial charge in [0.05, 0.1) is 0 Å². The molecular formula is C17H27ClN2. The zero-order chi connectivity index (χ0) is 14.4. The Balaban J connectivity index is 1.92. The van der Waals surface area contributed by atoms with Crippen molar-refractivity contribution in [3.8, 4) is 0 Å². The van der Waals surface area contributed by atoms with Crippen molar-refractivity contribution in [3.05, 3.63) is 28.8 Å². The molecule has 1 aromatic rings. The highest BCUT2D eigenvalue weighted by Crippen LogP contribution is 2.28. The SMILES string of the molecule is CCCNCc1ccc(N(C)CC2CCCC2)cc1Cl. The van der Waals surface area contributed by atoms with Gasteiger partial charge in [0.2, 0.25) is 0 Å². The lowest BCUT2D eigenvalue weighted by Gasteiger charge is -2.23. The van der Waals surface area contributed by atoms with Crippen LogP contribution < -0.4 is 10.2 Å². The van der Waals surface area contributed by atoms with Gasteiger partial charge in [0, 0.05) is 30.8 Å². The average Bonchev–Trinajstić information content (AvgIpc) is 2.93. The molecule has 0 bridgehead atoms. The van der Waals surface area contributed by atoms with Crippen LogP contribution in [-0.2, 0) is 6.54 Å². The van der Waals surface area contributed by atoms with Crippen LogP contribution in [0.25, 0.3) is 0 Å². The maximum Gasteiger partial charge on any atom is 0.0471 e. The summed E-state index contributed by atoms with van der Waals surface area (Å²) in [4.78, 5) is 2.35. The summed E-state index contributed by atoms with van der Waals surface area (Å²) >= 11 is 6.40. The number of rotatable bonds is 7. The molecule has 1 aliphatic rings. The molecule has 1 aliphatic carbocycles. The van der Waals surface area contributed by atoms with Crippen LogP contribution in [0.2, 0.25) is 5.02 Å². The first kappa shape index (κ1) is 15.7. The minimum absolute atomic E-state index is 0.860. The highest BCUT2D eigenvalue weighted by atomic mass is 35.5. The number of nitrogens with one attached hydrogen (secondary N) is 1. The molecule has 1 aromatic carbocycles. The van der Waals surface area contributed by atoms with Crippen LogP contribution in [0.3, 0.4) is 0 Å². The van der Waals surface area contributed by atoms with Crippen molar-refractivity contribution in [2.24, 2.45) is 5.92 Å². The molecule has 0 unspecified atom stereocenters. The summed E-state index contributed by atoms with van der Waals surface area (Å²) in [7, 11) is 2.18. The van der Waals surface area contributed by atoms with Crippen molar-refractivity contribution in [3.63, 3.8) is 0 Å². The van der Waals surface area contributed by atoms with Gasteiger partial charge in [-0.1, -0.05) is 37.4 Å². The average molecular weight is 295 g/mol. The predicted molar refractivity (Wildman–Crippen MR) is 88.7 cm³/mol. The van der Waals surface area contributed by atoms with Crippen LogP contribution in [0.5, 0.6) is 0 Å². The van der Waals surface area contributed by atoms with Gasteiger partial charge < -0.3 is 10.2 Å². The van der Waals surface area contributed by atoms with E-state index in [1.165, 1.54) is 36.9 Å². The largest absolute Gasteiger partial charge is 0.374 e. The maximum absolute atomic E-state index is 6.40. The van der Waals surface area contributed by atoms with Crippen LogP contribution in [0.1, 0.15) is 44.6 Å². The summed E-state index contributed by atoms with van der Waals surface area (Å²) in [5.41, 5.74) is 2.43. The zero-order valence-corrected chi connectivity index (χ0v) is 13.5. The second-order valence-corrected chi connectivity index (χ2v) is 6.39. The molecule has 0 atom stereocenters. The summed E-state index contributed by atoms with van der Waals surface area (Å²) in [5, 5.41) is 4.28. The van der Waals surface area contributed by atoms with Crippen LogP contribution in [-0.4, -0.2) is 20.1 Å². The summed E-state index contributed by atoms with van der Waals surface area (Å²) < 4.78 is 0. The Morgan fingerprint density at radius 2 is 2.05 bits per heavy atom. The second kappa shape index (κ2) is 7.90. The molecule has 3 heteroatoms. The Labute approximate surface area is 128 Å². The van der Waals surface area contributed by atoms with Crippen molar-refractivity contribution < 1.29 is 0 Å². The van der Waals surface area contributed by atoms with Gasteiger partial charge in [0.1, 0.15) is 0 Å². The van der Waals surface area contributed by atoms with Crippen molar-refractivity contribution in [1.29, 1.82) is 0 Å². The fourth-order valence-electron chi connectivity index (χ4n) is 3.00. The number of halogens is 1.